The number of para-hydroxylation sites is 1. The van der Waals surface area contributed by atoms with Crippen molar-refractivity contribution in [2.75, 3.05) is 5.32 Å². The van der Waals surface area contributed by atoms with Gasteiger partial charge in [0.1, 0.15) is 0 Å². The highest BCUT2D eigenvalue weighted by Gasteiger charge is 2.43. The van der Waals surface area contributed by atoms with Crippen LogP contribution in [0.25, 0.3) is 0 Å². The van der Waals surface area contributed by atoms with Crippen LogP contribution in [0.3, 0.4) is 0 Å². The van der Waals surface area contributed by atoms with Gasteiger partial charge in [0.05, 0.1) is 0 Å². The Morgan fingerprint density at radius 2 is 1.56 bits per heavy atom. The summed E-state index contributed by atoms with van der Waals surface area (Å²) < 4.78 is 0. The van der Waals surface area contributed by atoms with Crippen LogP contribution in [0.1, 0.15) is 17.9 Å². The van der Waals surface area contributed by atoms with Gasteiger partial charge in [-0.3, -0.25) is 4.79 Å². The number of hydrogen-bond acceptors (Lipinski definition) is 1. The molecule has 1 saturated carbocycles. The average molecular weight is 237 g/mol. The molecule has 0 spiro atoms. The Morgan fingerprint density at radius 3 is 2.22 bits per heavy atom. The Morgan fingerprint density at radius 1 is 0.944 bits per heavy atom. The van der Waals surface area contributed by atoms with Crippen molar-refractivity contribution in [3.8, 4) is 0 Å². The number of anilines is 1. The minimum atomic E-state index is 0.132. The van der Waals surface area contributed by atoms with Gasteiger partial charge in [-0.15, -0.1) is 0 Å². The Balaban J connectivity index is 1.63. The van der Waals surface area contributed by atoms with E-state index in [2.05, 4.69) is 17.4 Å². The van der Waals surface area contributed by atoms with E-state index < -0.39 is 0 Å². The standard InChI is InChI=1S/C16H15NO/c18-16(17-13-9-5-2-6-10-13)15-11-14(15)12-7-3-1-4-8-12/h1-10,14-15H,11H2,(H,17,18)/t14-,15-/m0/s1. The largest absolute Gasteiger partial charge is 0.326 e. The van der Waals surface area contributed by atoms with Gasteiger partial charge in [-0.2, -0.15) is 0 Å². The summed E-state index contributed by atoms with van der Waals surface area (Å²) in [5.74, 6) is 0.664. The Bertz CT molecular complexity index is 536. The second-order valence-electron chi connectivity index (χ2n) is 4.71. The van der Waals surface area contributed by atoms with E-state index >= 15 is 0 Å². The first-order chi connectivity index (χ1) is 8.84. The van der Waals surface area contributed by atoms with E-state index in [0.29, 0.717) is 5.92 Å². The predicted octanol–water partition coefficient (Wildman–Crippen LogP) is 3.43. The summed E-state index contributed by atoms with van der Waals surface area (Å²) in [5, 5.41) is 2.96. The minimum Gasteiger partial charge on any atom is -0.326 e. The lowest BCUT2D eigenvalue weighted by atomic mass is 10.1. The molecule has 0 bridgehead atoms. The lowest BCUT2D eigenvalue weighted by Crippen LogP contribution is -2.14. The van der Waals surface area contributed by atoms with Crippen molar-refractivity contribution < 1.29 is 4.79 Å². The number of carbonyl (C=O) groups is 1. The summed E-state index contributed by atoms with van der Waals surface area (Å²) in [7, 11) is 0. The van der Waals surface area contributed by atoms with Crippen LogP contribution in [-0.2, 0) is 4.79 Å². The molecule has 0 saturated heterocycles. The molecular formula is C16H15NO. The number of amides is 1. The van der Waals surface area contributed by atoms with Gasteiger partial charge in [-0.1, -0.05) is 48.5 Å². The maximum Gasteiger partial charge on any atom is 0.228 e. The molecule has 1 fully saturated rings. The SMILES string of the molecule is O=C(Nc1ccccc1)[C@H]1C[C@H]1c1ccccc1. The summed E-state index contributed by atoms with van der Waals surface area (Å²) in [5.41, 5.74) is 2.15. The zero-order chi connectivity index (χ0) is 12.4. The molecule has 0 radical (unpaired) electrons. The zero-order valence-corrected chi connectivity index (χ0v) is 10.0. The number of nitrogens with one attached hydrogen (secondary N) is 1. The fourth-order valence-corrected chi connectivity index (χ4v) is 2.31. The maximum absolute atomic E-state index is 12.0. The molecule has 3 rings (SSSR count). The highest BCUT2D eigenvalue weighted by atomic mass is 16.2. The molecular weight excluding hydrogens is 222 g/mol. The van der Waals surface area contributed by atoms with Crippen LogP contribution in [0.5, 0.6) is 0 Å². The predicted molar refractivity (Wildman–Crippen MR) is 72.4 cm³/mol. The van der Waals surface area contributed by atoms with E-state index in [1.807, 2.05) is 48.5 Å². The van der Waals surface area contributed by atoms with Crippen LogP contribution in [0.15, 0.2) is 60.7 Å². The molecule has 0 unspecified atom stereocenters. The van der Waals surface area contributed by atoms with E-state index in [-0.39, 0.29) is 11.8 Å². The van der Waals surface area contributed by atoms with Gasteiger partial charge in [0.15, 0.2) is 0 Å². The first kappa shape index (κ1) is 11.0. The lowest BCUT2D eigenvalue weighted by Gasteiger charge is -2.04. The fraction of sp³-hybridized carbons (Fsp3) is 0.188. The molecule has 2 aromatic carbocycles. The third-order valence-corrected chi connectivity index (χ3v) is 3.40. The van der Waals surface area contributed by atoms with E-state index in [1.165, 1.54) is 5.56 Å². The molecule has 1 N–H and O–H groups in total. The smallest absolute Gasteiger partial charge is 0.228 e. The van der Waals surface area contributed by atoms with Crippen molar-refractivity contribution in [1.82, 2.24) is 0 Å². The highest BCUT2D eigenvalue weighted by molar-refractivity contribution is 5.95. The van der Waals surface area contributed by atoms with Gasteiger partial charge < -0.3 is 5.32 Å². The topological polar surface area (TPSA) is 29.1 Å². The number of hydrogen-bond donors (Lipinski definition) is 1. The van der Waals surface area contributed by atoms with Gasteiger partial charge in [0.25, 0.3) is 0 Å². The molecule has 0 aliphatic heterocycles. The van der Waals surface area contributed by atoms with E-state index in [9.17, 15) is 4.79 Å². The average Bonchev–Trinajstić information content (AvgIpc) is 3.21. The van der Waals surface area contributed by atoms with Crippen LogP contribution < -0.4 is 5.32 Å². The highest BCUT2D eigenvalue weighted by Crippen LogP contribution is 2.47. The number of rotatable bonds is 3. The number of carbonyl (C=O) groups excluding carboxylic acids is 1. The minimum absolute atomic E-state index is 0.132. The van der Waals surface area contributed by atoms with Gasteiger partial charge >= 0.3 is 0 Å². The molecule has 2 heteroatoms. The van der Waals surface area contributed by atoms with Crippen LogP contribution >= 0.6 is 0 Å². The van der Waals surface area contributed by atoms with Crippen molar-refractivity contribution in [3.63, 3.8) is 0 Å². The maximum atomic E-state index is 12.0. The summed E-state index contributed by atoms with van der Waals surface area (Å²) in [6.07, 6.45) is 0.961. The summed E-state index contributed by atoms with van der Waals surface area (Å²) >= 11 is 0. The van der Waals surface area contributed by atoms with Crippen molar-refractivity contribution in [2.45, 2.75) is 12.3 Å². The first-order valence-electron chi connectivity index (χ1n) is 6.25. The third kappa shape index (κ3) is 2.28. The summed E-state index contributed by atoms with van der Waals surface area (Å²) in [6, 6.07) is 19.9. The Kier molecular flexibility index (Phi) is 2.85. The molecule has 90 valence electrons. The molecule has 2 aromatic rings. The normalized spacial score (nSPS) is 21.3. The van der Waals surface area contributed by atoms with Crippen molar-refractivity contribution >= 4 is 11.6 Å². The fourth-order valence-electron chi connectivity index (χ4n) is 2.31. The van der Waals surface area contributed by atoms with Gasteiger partial charge in [0.2, 0.25) is 5.91 Å². The van der Waals surface area contributed by atoms with Gasteiger partial charge in [-0.25, -0.2) is 0 Å². The van der Waals surface area contributed by atoms with E-state index in [0.717, 1.165) is 12.1 Å². The second-order valence-corrected chi connectivity index (χ2v) is 4.71. The molecule has 1 aliphatic carbocycles. The van der Waals surface area contributed by atoms with Gasteiger partial charge in [-0.05, 0) is 30.0 Å². The Hall–Kier alpha value is -2.09. The van der Waals surface area contributed by atoms with Crippen LogP contribution in [0.4, 0.5) is 5.69 Å². The summed E-state index contributed by atoms with van der Waals surface area (Å²) in [6.45, 7) is 0. The van der Waals surface area contributed by atoms with Crippen molar-refractivity contribution in [1.29, 1.82) is 0 Å². The third-order valence-electron chi connectivity index (χ3n) is 3.40. The first-order valence-corrected chi connectivity index (χ1v) is 6.25. The molecule has 0 aromatic heterocycles. The Labute approximate surface area is 107 Å². The van der Waals surface area contributed by atoms with Crippen LogP contribution in [0, 0.1) is 5.92 Å². The van der Waals surface area contributed by atoms with Crippen molar-refractivity contribution in [2.24, 2.45) is 5.92 Å². The van der Waals surface area contributed by atoms with Crippen molar-refractivity contribution in [3.05, 3.63) is 66.2 Å². The zero-order valence-electron chi connectivity index (χ0n) is 10.0. The van der Waals surface area contributed by atoms with E-state index in [1.54, 1.807) is 0 Å². The molecule has 2 atom stereocenters. The molecule has 18 heavy (non-hydrogen) atoms. The van der Waals surface area contributed by atoms with Crippen LogP contribution in [0.2, 0.25) is 0 Å². The lowest BCUT2D eigenvalue weighted by molar-refractivity contribution is -0.117. The number of benzene rings is 2. The van der Waals surface area contributed by atoms with Crippen LogP contribution in [-0.4, -0.2) is 5.91 Å². The summed E-state index contributed by atoms with van der Waals surface area (Å²) in [4.78, 5) is 12.0. The second kappa shape index (κ2) is 4.65. The molecule has 2 nitrogen and oxygen atoms in total. The van der Waals surface area contributed by atoms with E-state index in [4.69, 9.17) is 0 Å². The molecule has 1 amide bonds. The molecule has 1 aliphatic rings. The molecule has 0 heterocycles. The quantitative estimate of drug-likeness (QED) is 0.870. The van der Waals surface area contributed by atoms with Gasteiger partial charge in [0, 0.05) is 11.6 Å². The monoisotopic (exact) mass is 237 g/mol.